The Kier molecular flexibility index (Phi) is 7.09. The number of nitrogens with zero attached hydrogens (tertiary/aromatic N) is 2. The zero-order chi connectivity index (χ0) is 22.5. The van der Waals surface area contributed by atoms with Gasteiger partial charge < -0.3 is 19.7 Å². The first kappa shape index (κ1) is 22.3. The molecule has 8 nitrogen and oxygen atoms in total. The summed E-state index contributed by atoms with van der Waals surface area (Å²) in [7, 11) is 1.31. The molecule has 3 aliphatic heterocycles. The van der Waals surface area contributed by atoms with Gasteiger partial charge in [-0.25, -0.2) is 9.59 Å². The van der Waals surface area contributed by atoms with Gasteiger partial charge in [0.25, 0.3) is 0 Å². The SMILES string of the molecule is COC(=O)[C@@H]1C[C@@H]2CN1C(=O)CNCCCCC/C=C/c1cccc3c1CN(C3)C(=O)O2. The molecule has 3 heterocycles. The van der Waals surface area contributed by atoms with E-state index < -0.39 is 24.2 Å². The second-order valence-electron chi connectivity index (χ2n) is 8.60. The monoisotopic (exact) mass is 441 g/mol. The van der Waals surface area contributed by atoms with Crippen molar-refractivity contribution in [3.8, 4) is 0 Å². The smallest absolute Gasteiger partial charge is 0.410 e. The number of amides is 2. The number of rotatable bonds is 1. The van der Waals surface area contributed by atoms with Crippen LogP contribution < -0.4 is 5.32 Å². The molecule has 1 saturated heterocycles. The van der Waals surface area contributed by atoms with Crippen LogP contribution in [0.25, 0.3) is 6.08 Å². The molecule has 1 aromatic carbocycles. The van der Waals surface area contributed by atoms with Gasteiger partial charge in [-0.15, -0.1) is 0 Å². The topological polar surface area (TPSA) is 88.2 Å². The average Bonchev–Trinajstić information content (AvgIpc) is 3.41. The zero-order valence-electron chi connectivity index (χ0n) is 18.5. The predicted octanol–water partition coefficient (Wildman–Crippen LogP) is 2.46. The molecule has 4 rings (SSSR count). The highest BCUT2D eigenvalue weighted by atomic mass is 16.6. The number of carbonyl (C=O) groups excluding carboxylic acids is 3. The minimum atomic E-state index is -0.731. The molecule has 4 bridgehead atoms. The maximum absolute atomic E-state index is 12.9. The summed E-state index contributed by atoms with van der Waals surface area (Å²) in [6, 6.07) is 5.41. The van der Waals surface area contributed by atoms with Crippen LogP contribution in [0.5, 0.6) is 0 Å². The molecule has 32 heavy (non-hydrogen) atoms. The van der Waals surface area contributed by atoms with Crippen molar-refractivity contribution in [2.75, 3.05) is 26.7 Å². The number of benzene rings is 1. The lowest BCUT2D eigenvalue weighted by Gasteiger charge is -2.22. The Balaban J connectivity index is 1.52. The van der Waals surface area contributed by atoms with E-state index in [0.717, 1.165) is 48.9 Å². The first-order valence-corrected chi connectivity index (χ1v) is 11.4. The molecule has 0 aliphatic carbocycles. The molecule has 2 amide bonds. The van der Waals surface area contributed by atoms with E-state index in [2.05, 4.69) is 23.5 Å². The second-order valence-corrected chi connectivity index (χ2v) is 8.60. The first-order valence-electron chi connectivity index (χ1n) is 11.4. The maximum Gasteiger partial charge on any atom is 0.410 e. The summed E-state index contributed by atoms with van der Waals surface area (Å²) >= 11 is 0. The molecule has 1 N–H and O–H groups in total. The summed E-state index contributed by atoms with van der Waals surface area (Å²) in [6.07, 6.45) is 7.76. The quantitative estimate of drug-likeness (QED) is 0.674. The molecular weight excluding hydrogens is 410 g/mol. The fraction of sp³-hybridized carbons (Fsp3) is 0.542. The van der Waals surface area contributed by atoms with Crippen molar-refractivity contribution in [1.82, 2.24) is 15.1 Å². The van der Waals surface area contributed by atoms with Crippen LogP contribution in [-0.2, 0) is 32.2 Å². The number of allylic oxidation sites excluding steroid dienone is 1. The number of hydrogen-bond donors (Lipinski definition) is 1. The van der Waals surface area contributed by atoms with Gasteiger partial charge in [-0.1, -0.05) is 36.8 Å². The summed E-state index contributed by atoms with van der Waals surface area (Å²) in [4.78, 5) is 41.1. The van der Waals surface area contributed by atoms with Gasteiger partial charge in [0, 0.05) is 13.0 Å². The first-order chi connectivity index (χ1) is 15.6. The van der Waals surface area contributed by atoms with Crippen LogP contribution in [-0.4, -0.2) is 66.7 Å². The van der Waals surface area contributed by atoms with Crippen LogP contribution in [0.2, 0.25) is 0 Å². The Morgan fingerprint density at radius 1 is 1.19 bits per heavy atom. The van der Waals surface area contributed by atoms with Gasteiger partial charge in [0.05, 0.1) is 26.7 Å². The highest BCUT2D eigenvalue weighted by Crippen LogP contribution is 2.29. The summed E-state index contributed by atoms with van der Waals surface area (Å²) < 4.78 is 10.6. The van der Waals surface area contributed by atoms with Crippen LogP contribution in [0, 0.1) is 0 Å². The predicted molar refractivity (Wildman–Crippen MR) is 118 cm³/mol. The Morgan fingerprint density at radius 2 is 2.06 bits per heavy atom. The van der Waals surface area contributed by atoms with Crippen molar-refractivity contribution >= 4 is 24.0 Å². The van der Waals surface area contributed by atoms with Gasteiger partial charge in [0.15, 0.2) is 0 Å². The van der Waals surface area contributed by atoms with Crippen molar-refractivity contribution in [3.05, 3.63) is 41.0 Å². The van der Waals surface area contributed by atoms with Crippen LogP contribution in [0.15, 0.2) is 24.3 Å². The van der Waals surface area contributed by atoms with E-state index in [1.807, 2.05) is 12.1 Å². The molecule has 2 atom stereocenters. The number of fused-ring (bicyclic) bond motifs is 3. The standard InChI is InChI=1S/C24H31N3O5/c1-31-23(29)21-12-19-15-27(21)22(28)13-25-11-6-4-2-3-5-8-17-9-7-10-18-14-26(16-20(17)18)24(30)32-19/h5,7-10,19,21,25H,2-4,6,11-16H2,1H3/b8-5+/t19-,21+/m1/s1. The van der Waals surface area contributed by atoms with Gasteiger partial charge >= 0.3 is 12.1 Å². The van der Waals surface area contributed by atoms with Crippen LogP contribution in [0.4, 0.5) is 4.79 Å². The summed E-state index contributed by atoms with van der Waals surface area (Å²) in [5.41, 5.74) is 3.42. The molecule has 0 spiro atoms. The molecule has 3 aliphatic rings. The second kappa shape index (κ2) is 10.2. The maximum atomic E-state index is 12.9. The minimum absolute atomic E-state index is 0.150. The molecule has 1 aromatic rings. The highest BCUT2D eigenvalue weighted by Gasteiger charge is 2.42. The summed E-state index contributed by atoms with van der Waals surface area (Å²) in [5.74, 6) is -0.665. The number of methoxy groups -OCH3 is 1. The van der Waals surface area contributed by atoms with Crippen LogP contribution >= 0.6 is 0 Å². The molecule has 0 saturated carbocycles. The molecular formula is C24H31N3O5. The molecule has 1 fully saturated rings. The molecule has 0 unspecified atom stereocenters. The van der Waals surface area contributed by atoms with Crippen LogP contribution in [0.3, 0.4) is 0 Å². The number of hydrogen-bond acceptors (Lipinski definition) is 6. The summed E-state index contributed by atoms with van der Waals surface area (Å²) in [6.45, 7) is 2.08. The number of nitrogens with one attached hydrogen (secondary N) is 1. The number of carbonyl (C=O) groups is 3. The average molecular weight is 442 g/mol. The van der Waals surface area contributed by atoms with Crippen molar-refractivity contribution in [2.45, 2.75) is 57.3 Å². The molecule has 0 radical (unpaired) electrons. The van der Waals surface area contributed by atoms with E-state index in [-0.39, 0.29) is 25.4 Å². The number of esters is 1. The third kappa shape index (κ3) is 4.96. The van der Waals surface area contributed by atoms with Gasteiger partial charge in [0.2, 0.25) is 5.91 Å². The Labute approximate surface area is 188 Å². The van der Waals surface area contributed by atoms with E-state index in [1.165, 1.54) is 12.0 Å². The van der Waals surface area contributed by atoms with Crippen molar-refractivity contribution < 1.29 is 23.9 Å². The van der Waals surface area contributed by atoms with Crippen LogP contribution in [0.1, 0.15) is 48.8 Å². The van der Waals surface area contributed by atoms with Gasteiger partial charge in [0.1, 0.15) is 12.1 Å². The third-order valence-electron chi connectivity index (χ3n) is 6.40. The summed E-state index contributed by atoms with van der Waals surface area (Å²) in [5, 5.41) is 3.17. The lowest BCUT2D eigenvalue weighted by molar-refractivity contribution is -0.150. The van der Waals surface area contributed by atoms with Gasteiger partial charge in [-0.2, -0.15) is 0 Å². The minimum Gasteiger partial charge on any atom is -0.467 e. The normalized spacial score (nSPS) is 25.5. The third-order valence-corrected chi connectivity index (χ3v) is 6.40. The van der Waals surface area contributed by atoms with Gasteiger partial charge in [-0.05, 0) is 42.5 Å². The van der Waals surface area contributed by atoms with Crippen molar-refractivity contribution in [3.63, 3.8) is 0 Å². The Hall–Kier alpha value is -2.87. The largest absolute Gasteiger partial charge is 0.467 e. The van der Waals surface area contributed by atoms with E-state index in [1.54, 1.807) is 4.90 Å². The molecule has 172 valence electrons. The molecule has 0 aromatic heterocycles. The zero-order valence-corrected chi connectivity index (χ0v) is 18.5. The highest BCUT2D eigenvalue weighted by molar-refractivity contribution is 5.86. The Bertz CT molecular complexity index is 900. The number of ether oxygens (including phenoxy) is 2. The van der Waals surface area contributed by atoms with E-state index in [9.17, 15) is 14.4 Å². The molecule has 8 heteroatoms. The lowest BCUT2D eigenvalue weighted by atomic mass is 10.0. The fourth-order valence-corrected chi connectivity index (χ4v) is 4.66. The van der Waals surface area contributed by atoms with E-state index >= 15 is 0 Å². The Morgan fingerprint density at radius 3 is 2.91 bits per heavy atom. The lowest BCUT2D eigenvalue weighted by Crippen LogP contribution is -2.45. The van der Waals surface area contributed by atoms with E-state index in [4.69, 9.17) is 9.47 Å². The van der Waals surface area contributed by atoms with E-state index in [0.29, 0.717) is 13.1 Å². The van der Waals surface area contributed by atoms with Crippen molar-refractivity contribution in [2.24, 2.45) is 0 Å². The van der Waals surface area contributed by atoms with Crippen molar-refractivity contribution in [1.29, 1.82) is 0 Å². The fourth-order valence-electron chi connectivity index (χ4n) is 4.66. The van der Waals surface area contributed by atoms with Gasteiger partial charge in [-0.3, -0.25) is 9.69 Å².